The Hall–Kier alpha value is -0.850. The third-order valence-corrected chi connectivity index (χ3v) is 2.86. The second-order valence-corrected chi connectivity index (χ2v) is 4.77. The molecule has 0 bridgehead atoms. The average molecular weight is 259 g/mol. The molecule has 18 heavy (non-hydrogen) atoms. The van der Waals surface area contributed by atoms with Crippen LogP contribution in [0.2, 0.25) is 0 Å². The molecule has 6 nitrogen and oxygen atoms in total. The van der Waals surface area contributed by atoms with E-state index in [0.717, 1.165) is 32.7 Å². The predicted molar refractivity (Wildman–Crippen MR) is 69.6 cm³/mol. The van der Waals surface area contributed by atoms with Crippen LogP contribution in [-0.4, -0.2) is 79.5 Å². The zero-order valence-electron chi connectivity index (χ0n) is 11.4. The molecule has 0 radical (unpaired) electrons. The summed E-state index contributed by atoms with van der Waals surface area (Å²) in [4.78, 5) is 15.9. The van der Waals surface area contributed by atoms with Gasteiger partial charge in [-0.3, -0.25) is 4.90 Å². The lowest BCUT2D eigenvalue weighted by Crippen LogP contribution is -2.53. The number of aliphatic hydroxyl groups excluding tert-OH is 1. The molecule has 1 aliphatic heterocycles. The maximum atomic E-state index is 11.8. The van der Waals surface area contributed by atoms with Crippen molar-refractivity contribution >= 4 is 6.03 Å². The summed E-state index contributed by atoms with van der Waals surface area (Å²) in [7, 11) is 0. The van der Waals surface area contributed by atoms with Crippen molar-refractivity contribution in [3.63, 3.8) is 0 Å². The molecule has 1 aliphatic rings. The molecule has 1 rings (SSSR count). The Morgan fingerprint density at radius 3 is 2.50 bits per heavy atom. The van der Waals surface area contributed by atoms with E-state index in [0.29, 0.717) is 13.2 Å². The molecular weight excluding hydrogens is 234 g/mol. The highest BCUT2D eigenvalue weighted by atomic mass is 16.5. The first kappa shape index (κ1) is 15.2. The second kappa shape index (κ2) is 8.29. The van der Waals surface area contributed by atoms with Crippen LogP contribution in [0.15, 0.2) is 0 Å². The van der Waals surface area contributed by atoms with Crippen LogP contribution < -0.4 is 5.32 Å². The zero-order valence-corrected chi connectivity index (χ0v) is 11.4. The van der Waals surface area contributed by atoms with Crippen LogP contribution >= 0.6 is 0 Å². The van der Waals surface area contributed by atoms with Gasteiger partial charge >= 0.3 is 6.03 Å². The lowest BCUT2D eigenvalue weighted by molar-refractivity contribution is 0.0617. The molecule has 2 N–H and O–H groups in total. The molecule has 6 heteroatoms. The van der Waals surface area contributed by atoms with Gasteiger partial charge in [0.15, 0.2) is 0 Å². The number of carbonyl (C=O) groups excluding carboxylic acids is 1. The smallest absolute Gasteiger partial charge is 0.317 e. The number of rotatable bonds is 6. The molecule has 0 aromatic heterocycles. The van der Waals surface area contributed by atoms with Crippen LogP contribution in [0.1, 0.15) is 13.8 Å². The molecule has 0 atom stereocenters. The Labute approximate surface area is 109 Å². The van der Waals surface area contributed by atoms with E-state index in [2.05, 4.69) is 10.2 Å². The summed E-state index contributed by atoms with van der Waals surface area (Å²) in [6.45, 7) is 9.19. The normalized spacial score (nSPS) is 17.2. The van der Waals surface area contributed by atoms with Crippen LogP contribution in [-0.2, 0) is 4.74 Å². The van der Waals surface area contributed by atoms with Gasteiger partial charge in [-0.1, -0.05) is 0 Å². The van der Waals surface area contributed by atoms with Crippen molar-refractivity contribution in [1.29, 1.82) is 0 Å². The number of urea groups is 1. The molecule has 0 unspecified atom stereocenters. The fourth-order valence-electron chi connectivity index (χ4n) is 1.87. The van der Waals surface area contributed by atoms with E-state index in [1.807, 2.05) is 18.7 Å². The second-order valence-electron chi connectivity index (χ2n) is 4.77. The minimum atomic E-state index is 0.0289. The van der Waals surface area contributed by atoms with E-state index in [9.17, 15) is 4.79 Å². The summed E-state index contributed by atoms with van der Waals surface area (Å²) < 4.78 is 5.23. The minimum absolute atomic E-state index is 0.0289. The molecule has 1 heterocycles. The van der Waals surface area contributed by atoms with Gasteiger partial charge in [0.1, 0.15) is 0 Å². The zero-order chi connectivity index (χ0) is 13.4. The van der Waals surface area contributed by atoms with E-state index in [4.69, 9.17) is 9.84 Å². The topological polar surface area (TPSA) is 65.0 Å². The molecule has 1 fully saturated rings. The first-order chi connectivity index (χ1) is 8.63. The van der Waals surface area contributed by atoms with E-state index >= 15 is 0 Å². The van der Waals surface area contributed by atoms with Gasteiger partial charge in [0.05, 0.1) is 19.8 Å². The molecule has 0 aromatic rings. The van der Waals surface area contributed by atoms with Gasteiger partial charge in [-0.05, 0) is 13.8 Å². The Morgan fingerprint density at radius 1 is 1.28 bits per heavy atom. The quantitative estimate of drug-likeness (QED) is 0.645. The number of nitrogens with one attached hydrogen (secondary N) is 1. The number of ether oxygens (including phenoxy) is 1. The minimum Gasteiger partial charge on any atom is -0.394 e. The van der Waals surface area contributed by atoms with Gasteiger partial charge in [0, 0.05) is 38.8 Å². The van der Waals surface area contributed by atoms with Crippen molar-refractivity contribution in [3.8, 4) is 0 Å². The summed E-state index contributed by atoms with van der Waals surface area (Å²) in [6.07, 6.45) is 0. The first-order valence-electron chi connectivity index (χ1n) is 6.60. The summed E-state index contributed by atoms with van der Waals surface area (Å²) in [6, 6.07) is 0.212. The number of amides is 2. The van der Waals surface area contributed by atoms with E-state index in [1.54, 1.807) is 0 Å². The molecule has 0 aliphatic carbocycles. The summed E-state index contributed by atoms with van der Waals surface area (Å²) in [5, 5.41) is 11.5. The van der Waals surface area contributed by atoms with Crippen LogP contribution in [0.4, 0.5) is 4.79 Å². The number of aliphatic hydroxyl groups is 1. The van der Waals surface area contributed by atoms with Crippen molar-refractivity contribution in [2.75, 3.05) is 52.5 Å². The highest BCUT2D eigenvalue weighted by molar-refractivity contribution is 5.74. The maximum Gasteiger partial charge on any atom is 0.317 e. The fourth-order valence-corrected chi connectivity index (χ4v) is 1.87. The fraction of sp³-hybridized carbons (Fsp3) is 0.917. The average Bonchev–Trinajstić information content (AvgIpc) is 2.34. The van der Waals surface area contributed by atoms with Crippen molar-refractivity contribution in [2.24, 2.45) is 0 Å². The molecular formula is C12H25N3O3. The Balaban J connectivity index is 2.14. The lowest BCUT2D eigenvalue weighted by atomic mass is 10.3. The Bertz CT molecular complexity index is 241. The molecule has 1 saturated heterocycles. The third kappa shape index (κ3) is 5.66. The van der Waals surface area contributed by atoms with Crippen molar-refractivity contribution in [2.45, 2.75) is 19.9 Å². The number of hydrogen-bond acceptors (Lipinski definition) is 4. The van der Waals surface area contributed by atoms with Gasteiger partial charge in [-0.25, -0.2) is 4.79 Å². The number of piperazine rings is 1. The van der Waals surface area contributed by atoms with E-state index in [-0.39, 0.29) is 18.7 Å². The number of carbonyl (C=O) groups is 1. The highest BCUT2D eigenvalue weighted by Gasteiger charge is 2.20. The number of hydrogen-bond donors (Lipinski definition) is 2. The van der Waals surface area contributed by atoms with Gasteiger partial charge in [0.2, 0.25) is 0 Å². The van der Waals surface area contributed by atoms with Gasteiger partial charge in [0.25, 0.3) is 0 Å². The molecule has 106 valence electrons. The van der Waals surface area contributed by atoms with Crippen LogP contribution in [0.25, 0.3) is 0 Å². The van der Waals surface area contributed by atoms with Crippen molar-refractivity contribution in [3.05, 3.63) is 0 Å². The highest BCUT2D eigenvalue weighted by Crippen LogP contribution is 2.02. The first-order valence-corrected chi connectivity index (χ1v) is 6.60. The maximum absolute atomic E-state index is 11.8. The molecule has 0 spiro atoms. The molecule has 0 saturated carbocycles. The number of nitrogens with zero attached hydrogens (tertiary/aromatic N) is 2. The largest absolute Gasteiger partial charge is 0.394 e. The monoisotopic (exact) mass is 259 g/mol. The van der Waals surface area contributed by atoms with Crippen LogP contribution in [0, 0.1) is 0 Å². The third-order valence-electron chi connectivity index (χ3n) is 2.86. The summed E-state index contributed by atoms with van der Waals surface area (Å²) in [5.41, 5.74) is 0. The van der Waals surface area contributed by atoms with E-state index < -0.39 is 0 Å². The van der Waals surface area contributed by atoms with Gasteiger partial charge < -0.3 is 20.1 Å². The van der Waals surface area contributed by atoms with E-state index in [1.165, 1.54) is 0 Å². The summed E-state index contributed by atoms with van der Waals surface area (Å²) >= 11 is 0. The van der Waals surface area contributed by atoms with Crippen molar-refractivity contribution in [1.82, 2.24) is 15.1 Å². The SMILES string of the molecule is CC(C)NC(=O)N1CCN(CCOCCO)CC1. The summed E-state index contributed by atoms with van der Waals surface area (Å²) in [5.74, 6) is 0. The Kier molecular flexibility index (Phi) is 7.00. The Morgan fingerprint density at radius 2 is 1.94 bits per heavy atom. The van der Waals surface area contributed by atoms with Gasteiger partial charge in [-0.2, -0.15) is 0 Å². The lowest BCUT2D eigenvalue weighted by Gasteiger charge is -2.34. The van der Waals surface area contributed by atoms with Gasteiger partial charge in [-0.15, -0.1) is 0 Å². The molecule has 2 amide bonds. The molecule has 0 aromatic carbocycles. The standard InChI is InChI=1S/C12H25N3O3/c1-11(2)13-12(17)15-5-3-14(4-6-15)7-9-18-10-8-16/h11,16H,3-10H2,1-2H3,(H,13,17). The van der Waals surface area contributed by atoms with Crippen LogP contribution in [0.5, 0.6) is 0 Å². The van der Waals surface area contributed by atoms with Crippen molar-refractivity contribution < 1.29 is 14.6 Å². The van der Waals surface area contributed by atoms with Crippen LogP contribution in [0.3, 0.4) is 0 Å². The predicted octanol–water partition coefficient (Wildman–Crippen LogP) is -0.269.